The van der Waals surface area contributed by atoms with Gasteiger partial charge < -0.3 is 28.8 Å². The fourth-order valence-corrected chi connectivity index (χ4v) is 3.86. The number of carbonyl (C=O) groups excluding carboxylic acids is 1. The zero-order chi connectivity index (χ0) is 24.6. The molecular weight excluding hydrogens is 446 g/mol. The van der Waals surface area contributed by atoms with Crippen LogP contribution in [0.15, 0.2) is 47.4 Å². The number of rotatable bonds is 11. The van der Waals surface area contributed by atoms with Gasteiger partial charge in [0, 0.05) is 25.7 Å². The Bertz CT molecular complexity index is 1020. The van der Waals surface area contributed by atoms with Gasteiger partial charge in [-0.1, -0.05) is 6.07 Å². The van der Waals surface area contributed by atoms with E-state index in [9.17, 15) is 13.2 Å². The highest BCUT2D eigenvalue weighted by atomic mass is 32.2. The maximum atomic E-state index is 12.8. The predicted molar refractivity (Wildman–Crippen MR) is 126 cm³/mol. The molecule has 10 heteroatoms. The van der Waals surface area contributed by atoms with Crippen LogP contribution in [0.3, 0.4) is 0 Å². The Labute approximate surface area is 196 Å². The lowest BCUT2D eigenvalue weighted by atomic mass is 10.2. The van der Waals surface area contributed by atoms with Gasteiger partial charge in [0.15, 0.2) is 11.5 Å². The van der Waals surface area contributed by atoms with Gasteiger partial charge in [-0.25, -0.2) is 4.79 Å². The molecule has 0 aliphatic rings. The van der Waals surface area contributed by atoms with E-state index in [4.69, 9.17) is 13.7 Å². The predicted octanol–water partition coefficient (Wildman–Crippen LogP) is 2.95. The van der Waals surface area contributed by atoms with Crippen molar-refractivity contribution in [2.45, 2.75) is 31.3 Å². The van der Waals surface area contributed by atoms with Crippen molar-refractivity contribution in [3.8, 4) is 17.2 Å². The molecule has 0 saturated heterocycles. The number of nitrogens with one attached hydrogen (secondary N) is 1. The van der Waals surface area contributed by atoms with E-state index in [1.165, 1.54) is 26.4 Å². The highest BCUT2D eigenvalue weighted by molar-refractivity contribution is 7.87. The summed E-state index contributed by atoms with van der Waals surface area (Å²) in [5, 5.41) is 2.90. The van der Waals surface area contributed by atoms with Gasteiger partial charge in [0.2, 0.25) is 0 Å². The highest BCUT2D eigenvalue weighted by Gasteiger charge is 2.21. The van der Waals surface area contributed by atoms with Crippen molar-refractivity contribution in [3.05, 3.63) is 48.0 Å². The SMILES string of the molecule is COc1ccc(S(=O)(=O)Oc2cc(CN(CCN(C)C)C(=O)NC(C)C)ccc2OC)cc1. The first kappa shape index (κ1) is 26.3. The Morgan fingerprint density at radius 2 is 1.64 bits per heavy atom. The third-order valence-corrected chi connectivity index (χ3v) is 5.91. The minimum atomic E-state index is -4.10. The van der Waals surface area contributed by atoms with E-state index >= 15 is 0 Å². The largest absolute Gasteiger partial charge is 0.497 e. The second-order valence-electron chi connectivity index (χ2n) is 8.03. The molecule has 0 radical (unpaired) electrons. The lowest BCUT2D eigenvalue weighted by molar-refractivity contribution is 0.186. The van der Waals surface area contributed by atoms with Crippen LogP contribution in [0.1, 0.15) is 19.4 Å². The number of carbonyl (C=O) groups is 1. The van der Waals surface area contributed by atoms with Crippen molar-refractivity contribution < 1.29 is 26.9 Å². The van der Waals surface area contributed by atoms with Crippen LogP contribution in [0.25, 0.3) is 0 Å². The fraction of sp³-hybridized carbons (Fsp3) is 0.435. The second kappa shape index (κ2) is 11.8. The first-order chi connectivity index (χ1) is 15.6. The molecule has 1 N–H and O–H groups in total. The van der Waals surface area contributed by atoms with E-state index in [2.05, 4.69) is 5.32 Å². The highest BCUT2D eigenvalue weighted by Crippen LogP contribution is 2.31. The molecule has 2 aromatic carbocycles. The lowest BCUT2D eigenvalue weighted by Gasteiger charge is -2.26. The standard InChI is InChI=1S/C23H33N3O6S/c1-17(2)24-23(27)26(14-13-25(3)4)16-18-7-12-21(31-6)22(15-18)32-33(28,29)20-10-8-19(30-5)9-11-20/h7-12,15,17H,13-14,16H2,1-6H3,(H,24,27). The molecule has 9 nitrogen and oxygen atoms in total. The molecule has 0 saturated carbocycles. The molecule has 0 aromatic heterocycles. The molecule has 0 atom stereocenters. The van der Waals surface area contributed by atoms with Crippen LogP contribution in [0.4, 0.5) is 4.79 Å². The number of hydrogen-bond donors (Lipinski definition) is 1. The van der Waals surface area contributed by atoms with Crippen molar-refractivity contribution >= 4 is 16.1 Å². The van der Waals surface area contributed by atoms with Gasteiger partial charge in [-0.3, -0.25) is 0 Å². The first-order valence-corrected chi connectivity index (χ1v) is 11.9. The number of hydrogen-bond acceptors (Lipinski definition) is 7. The van der Waals surface area contributed by atoms with Crippen LogP contribution >= 0.6 is 0 Å². The van der Waals surface area contributed by atoms with Crippen LogP contribution in [0.2, 0.25) is 0 Å². The third-order valence-electron chi connectivity index (χ3n) is 4.67. The number of urea groups is 1. The molecule has 0 aliphatic heterocycles. The molecule has 0 bridgehead atoms. The van der Waals surface area contributed by atoms with E-state index in [1.54, 1.807) is 35.2 Å². The molecule has 182 valence electrons. The van der Waals surface area contributed by atoms with Gasteiger partial charge in [0.25, 0.3) is 0 Å². The van der Waals surface area contributed by atoms with Crippen LogP contribution in [0, 0.1) is 0 Å². The Morgan fingerprint density at radius 3 is 2.18 bits per heavy atom. The van der Waals surface area contributed by atoms with Gasteiger partial charge >= 0.3 is 16.1 Å². The number of methoxy groups -OCH3 is 2. The number of ether oxygens (including phenoxy) is 2. The summed E-state index contributed by atoms with van der Waals surface area (Å²) in [4.78, 5) is 16.3. The van der Waals surface area contributed by atoms with Crippen LogP contribution in [-0.2, 0) is 16.7 Å². The summed E-state index contributed by atoms with van der Waals surface area (Å²) >= 11 is 0. The van der Waals surface area contributed by atoms with Crippen LogP contribution in [0.5, 0.6) is 17.2 Å². The molecule has 2 aromatic rings. The summed E-state index contributed by atoms with van der Waals surface area (Å²) in [5.74, 6) is 0.843. The van der Waals surface area contributed by atoms with Crippen molar-refractivity contribution in [1.29, 1.82) is 0 Å². The third kappa shape index (κ3) is 7.83. The quantitative estimate of drug-likeness (QED) is 0.495. The summed E-state index contributed by atoms with van der Waals surface area (Å²) in [5.41, 5.74) is 0.702. The summed E-state index contributed by atoms with van der Waals surface area (Å²) in [7, 11) is 2.69. The summed E-state index contributed by atoms with van der Waals surface area (Å²) < 4.78 is 41.4. The molecular formula is C23H33N3O6S. The Balaban J connectivity index is 2.29. The summed E-state index contributed by atoms with van der Waals surface area (Å²) in [6, 6.07) is 10.7. The molecule has 2 amide bonds. The fourth-order valence-electron chi connectivity index (χ4n) is 2.93. The number of nitrogens with zero attached hydrogens (tertiary/aromatic N) is 2. The Hall–Kier alpha value is -2.98. The number of amides is 2. The van der Waals surface area contributed by atoms with Crippen LogP contribution in [-0.4, -0.2) is 71.7 Å². The smallest absolute Gasteiger partial charge is 0.339 e. The Kier molecular flexibility index (Phi) is 9.36. The zero-order valence-electron chi connectivity index (χ0n) is 20.0. The second-order valence-corrected chi connectivity index (χ2v) is 9.57. The Morgan fingerprint density at radius 1 is 0.970 bits per heavy atom. The summed E-state index contributed by atoms with van der Waals surface area (Å²) in [6.45, 7) is 5.24. The topological polar surface area (TPSA) is 97.4 Å². The molecule has 0 aliphatic carbocycles. The maximum Gasteiger partial charge on any atom is 0.339 e. The van der Waals surface area contributed by atoms with E-state index < -0.39 is 10.1 Å². The van der Waals surface area contributed by atoms with E-state index in [-0.39, 0.29) is 35.0 Å². The molecule has 0 fully saturated rings. The van der Waals surface area contributed by atoms with Crippen molar-refractivity contribution in [2.24, 2.45) is 0 Å². The maximum absolute atomic E-state index is 12.8. The van der Waals surface area contributed by atoms with Gasteiger partial charge in [0.1, 0.15) is 10.6 Å². The molecule has 2 rings (SSSR count). The van der Waals surface area contributed by atoms with E-state index in [1.807, 2.05) is 32.8 Å². The number of benzene rings is 2. The van der Waals surface area contributed by atoms with Crippen LogP contribution < -0.4 is 19.0 Å². The molecule has 0 unspecified atom stereocenters. The molecule has 0 heterocycles. The van der Waals surface area contributed by atoms with E-state index in [0.717, 1.165) is 0 Å². The number of likely N-dealkylation sites (N-methyl/N-ethyl adjacent to an activating group) is 1. The summed E-state index contributed by atoms with van der Waals surface area (Å²) in [6.07, 6.45) is 0. The zero-order valence-corrected chi connectivity index (χ0v) is 20.8. The van der Waals surface area contributed by atoms with Crippen molar-refractivity contribution in [1.82, 2.24) is 15.1 Å². The monoisotopic (exact) mass is 479 g/mol. The van der Waals surface area contributed by atoms with Crippen molar-refractivity contribution in [3.63, 3.8) is 0 Å². The average Bonchev–Trinajstić information content (AvgIpc) is 2.76. The molecule has 0 spiro atoms. The van der Waals surface area contributed by atoms with E-state index in [0.29, 0.717) is 24.4 Å². The minimum Gasteiger partial charge on any atom is -0.497 e. The average molecular weight is 480 g/mol. The minimum absolute atomic E-state index is 0.0104. The first-order valence-electron chi connectivity index (χ1n) is 10.5. The molecule has 33 heavy (non-hydrogen) atoms. The van der Waals surface area contributed by atoms with Gasteiger partial charge in [-0.2, -0.15) is 8.42 Å². The lowest BCUT2D eigenvalue weighted by Crippen LogP contribution is -2.45. The van der Waals surface area contributed by atoms with Gasteiger partial charge in [-0.05, 0) is 69.9 Å². The van der Waals surface area contributed by atoms with Gasteiger partial charge in [0.05, 0.1) is 14.2 Å². The normalized spacial score (nSPS) is 11.4. The van der Waals surface area contributed by atoms with Crippen molar-refractivity contribution in [2.75, 3.05) is 41.4 Å². The van der Waals surface area contributed by atoms with Gasteiger partial charge in [-0.15, -0.1) is 0 Å².